The molecule has 0 aliphatic carbocycles. The van der Waals surface area contributed by atoms with Crippen molar-refractivity contribution in [2.75, 3.05) is 13.1 Å². The quantitative estimate of drug-likeness (QED) is 0.916. The van der Waals surface area contributed by atoms with E-state index in [1.165, 1.54) is 4.31 Å². The van der Waals surface area contributed by atoms with E-state index in [1.54, 1.807) is 19.9 Å². The van der Waals surface area contributed by atoms with Crippen LogP contribution >= 0.6 is 12.4 Å². The molecule has 2 heterocycles. The zero-order valence-corrected chi connectivity index (χ0v) is 14.7. The van der Waals surface area contributed by atoms with E-state index < -0.39 is 10.0 Å². The molecular formula is C16H21ClN2O3S. The molecule has 23 heavy (non-hydrogen) atoms. The molecule has 0 bridgehead atoms. The summed E-state index contributed by atoms with van der Waals surface area (Å²) in [5.41, 5.74) is 7.27. The fourth-order valence-electron chi connectivity index (χ4n) is 3.04. The summed E-state index contributed by atoms with van der Waals surface area (Å²) in [6.45, 7) is 4.14. The molecule has 1 aromatic heterocycles. The Bertz CT molecular complexity index is 774. The molecule has 1 aromatic carbocycles. The summed E-state index contributed by atoms with van der Waals surface area (Å²) in [4.78, 5) is 0.242. The zero-order chi connectivity index (χ0) is 15.9. The number of sulfonamides is 1. The average Bonchev–Trinajstić information content (AvgIpc) is 3.03. The van der Waals surface area contributed by atoms with Crippen LogP contribution in [0.2, 0.25) is 0 Å². The van der Waals surface area contributed by atoms with Crippen molar-refractivity contribution in [1.82, 2.24) is 4.31 Å². The largest absolute Gasteiger partial charge is 0.465 e. The molecule has 0 saturated carbocycles. The van der Waals surface area contributed by atoms with Gasteiger partial charge >= 0.3 is 0 Å². The molecule has 7 heteroatoms. The number of benzene rings is 1. The molecule has 1 fully saturated rings. The number of nitrogens with zero attached hydrogens (tertiary/aromatic N) is 1. The average molecular weight is 357 g/mol. The zero-order valence-electron chi connectivity index (χ0n) is 13.1. The van der Waals surface area contributed by atoms with E-state index in [2.05, 4.69) is 0 Å². The smallest absolute Gasteiger partial charge is 0.246 e. The lowest BCUT2D eigenvalue weighted by Gasteiger charge is -2.16. The van der Waals surface area contributed by atoms with Gasteiger partial charge in [0.15, 0.2) is 0 Å². The molecule has 1 aliphatic heterocycles. The maximum absolute atomic E-state index is 12.8. The summed E-state index contributed by atoms with van der Waals surface area (Å²) >= 11 is 0. The normalized spacial score (nSPS) is 22.0. The molecule has 0 unspecified atom stereocenters. The lowest BCUT2D eigenvalue weighted by Crippen LogP contribution is -2.32. The highest BCUT2D eigenvalue weighted by molar-refractivity contribution is 7.89. The van der Waals surface area contributed by atoms with Gasteiger partial charge in [-0.05, 0) is 25.5 Å². The second-order valence-electron chi connectivity index (χ2n) is 5.78. The fourth-order valence-corrected chi connectivity index (χ4v) is 4.77. The number of halogens is 1. The highest BCUT2D eigenvalue weighted by Crippen LogP contribution is 2.32. The summed E-state index contributed by atoms with van der Waals surface area (Å²) in [5, 5.41) is 0. The first-order chi connectivity index (χ1) is 10.4. The molecule has 3 rings (SSSR count). The Kier molecular flexibility index (Phi) is 5.20. The number of furan rings is 1. The van der Waals surface area contributed by atoms with E-state index in [0.29, 0.717) is 24.6 Å². The van der Waals surface area contributed by atoms with Crippen molar-refractivity contribution >= 4 is 22.4 Å². The van der Waals surface area contributed by atoms with Crippen molar-refractivity contribution in [3.8, 4) is 0 Å². The molecule has 2 N–H and O–H groups in total. The first kappa shape index (κ1) is 18.0. The molecule has 0 spiro atoms. The van der Waals surface area contributed by atoms with Gasteiger partial charge in [0, 0.05) is 25.0 Å². The molecule has 1 saturated heterocycles. The van der Waals surface area contributed by atoms with Gasteiger partial charge in [0.1, 0.15) is 16.4 Å². The molecular weight excluding hydrogens is 336 g/mol. The van der Waals surface area contributed by atoms with Gasteiger partial charge in [0.2, 0.25) is 10.0 Å². The Morgan fingerprint density at radius 2 is 1.83 bits per heavy atom. The van der Waals surface area contributed by atoms with Crippen LogP contribution < -0.4 is 5.73 Å². The van der Waals surface area contributed by atoms with Gasteiger partial charge in [-0.1, -0.05) is 30.3 Å². The van der Waals surface area contributed by atoms with Gasteiger partial charge in [0.25, 0.3) is 0 Å². The van der Waals surface area contributed by atoms with E-state index >= 15 is 0 Å². The van der Waals surface area contributed by atoms with Crippen LogP contribution in [-0.4, -0.2) is 31.9 Å². The maximum Gasteiger partial charge on any atom is 0.246 e. The maximum atomic E-state index is 12.8. The van der Waals surface area contributed by atoms with Crippen LogP contribution in [0, 0.1) is 13.8 Å². The highest BCUT2D eigenvalue weighted by atomic mass is 35.5. The van der Waals surface area contributed by atoms with Crippen molar-refractivity contribution in [3.05, 3.63) is 53.5 Å². The van der Waals surface area contributed by atoms with Crippen LogP contribution in [-0.2, 0) is 10.0 Å². The van der Waals surface area contributed by atoms with E-state index in [1.807, 2.05) is 30.3 Å². The third-order valence-electron chi connectivity index (χ3n) is 4.17. The Labute approximate surface area is 142 Å². The highest BCUT2D eigenvalue weighted by Gasteiger charge is 2.39. The Hall–Kier alpha value is -1.34. The SMILES string of the molecule is Cc1cc(S(=O)(=O)N2C[C@@H](N)[C@H](c3ccccc3)C2)c(C)o1.Cl. The van der Waals surface area contributed by atoms with Crippen LogP contribution in [0.3, 0.4) is 0 Å². The predicted molar refractivity (Wildman–Crippen MR) is 91.3 cm³/mol. The number of nitrogens with two attached hydrogens (primary N) is 1. The summed E-state index contributed by atoms with van der Waals surface area (Å²) in [7, 11) is -3.56. The lowest BCUT2D eigenvalue weighted by atomic mass is 9.95. The van der Waals surface area contributed by atoms with Crippen molar-refractivity contribution in [2.45, 2.75) is 30.7 Å². The van der Waals surface area contributed by atoms with E-state index in [9.17, 15) is 8.42 Å². The van der Waals surface area contributed by atoms with Crippen molar-refractivity contribution in [2.24, 2.45) is 5.73 Å². The fraction of sp³-hybridized carbons (Fsp3) is 0.375. The molecule has 2 aromatic rings. The third kappa shape index (κ3) is 3.30. The number of aryl methyl sites for hydroxylation is 2. The van der Waals surface area contributed by atoms with E-state index in [-0.39, 0.29) is 29.3 Å². The summed E-state index contributed by atoms with van der Waals surface area (Å²) in [5.74, 6) is 1.04. The molecule has 5 nitrogen and oxygen atoms in total. The summed E-state index contributed by atoms with van der Waals surface area (Å²) in [6, 6.07) is 11.2. The molecule has 0 amide bonds. The van der Waals surface area contributed by atoms with Crippen LogP contribution in [0.5, 0.6) is 0 Å². The van der Waals surface area contributed by atoms with Crippen molar-refractivity contribution < 1.29 is 12.8 Å². The van der Waals surface area contributed by atoms with Crippen LogP contribution in [0.15, 0.2) is 45.7 Å². The van der Waals surface area contributed by atoms with Gasteiger partial charge < -0.3 is 10.2 Å². The number of hydrogen-bond donors (Lipinski definition) is 1. The van der Waals surface area contributed by atoms with Crippen LogP contribution in [0.1, 0.15) is 23.0 Å². The number of rotatable bonds is 3. The van der Waals surface area contributed by atoms with E-state index in [4.69, 9.17) is 10.2 Å². The van der Waals surface area contributed by atoms with Gasteiger partial charge in [-0.15, -0.1) is 12.4 Å². The first-order valence-electron chi connectivity index (χ1n) is 7.27. The molecule has 1 aliphatic rings. The molecule has 2 atom stereocenters. The second kappa shape index (κ2) is 6.65. The van der Waals surface area contributed by atoms with Crippen molar-refractivity contribution in [1.29, 1.82) is 0 Å². The van der Waals surface area contributed by atoms with Gasteiger partial charge in [0.05, 0.1) is 0 Å². The minimum Gasteiger partial charge on any atom is -0.465 e. The predicted octanol–water partition coefficient (Wildman–Crippen LogP) is 2.43. The first-order valence-corrected chi connectivity index (χ1v) is 8.71. The minimum atomic E-state index is -3.56. The van der Waals surface area contributed by atoms with Crippen LogP contribution in [0.25, 0.3) is 0 Å². The lowest BCUT2D eigenvalue weighted by molar-refractivity contribution is 0.462. The summed E-state index contributed by atoms with van der Waals surface area (Å²) in [6.07, 6.45) is 0. The van der Waals surface area contributed by atoms with Crippen molar-refractivity contribution in [3.63, 3.8) is 0 Å². The Morgan fingerprint density at radius 1 is 1.17 bits per heavy atom. The Balaban J connectivity index is 0.00000192. The minimum absolute atomic E-state index is 0. The third-order valence-corrected chi connectivity index (χ3v) is 6.11. The van der Waals surface area contributed by atoms with Gasteiger partial charge in [-0.3, -0.25) is 0 Å². The number of hydrogen-bond acceptors (Lipinski definition) is 4. The summed E-state index contributed by atoms with van der Waals surface area (Å²) < 4.78 is 32.4. The van der Waals surface area contributed by atoms with Gasteiger partial charge in [-0.2, -0.15) is 4.31 Å². The van der Waals surface area contributed by atoms with Gasteiger partial charge in [-0.25, -0.2) is 8.42 Å². The Morgan fingerprint density at radius 3 is 2.39 bits per heavy atom. The van der Waals surface area contributed by atoms with E-state index in [0.717, 1.165) is 5.56 Å². The topological polar surface area (TPSA) is 76.5 Å². The monoisotopic (exact) mass is 356 g/mol. The molecule has 126 valence electrons. The second-order valence-corrected chi connectivity index (χ2v) is 7.69. The van der Waals surface area contributed by atoms with Crippen LogP contribution in [0.4, 0.5) is 0 Å². The molecule has 0 radical (unpaired) electrons. The standard InChI is InChI=1S/C16H20N2O3S.ClH/c1-11-8-16(12(2)21-11)22(19,20)18-9-14(15(17)10-18)13-6-4-3-5-7-13;/h3-8,14-15H,9-10,17H2,1-2H3;1H/t14-,15+;/m0./s1.